The lowest BCUT2D eigenvalue weighted by molar-refractivity contribution is 0.230. The molecule has 2 aliphatic rings. The molecule has 0 radical (unpaired) electrons. The average molecular weight is 365 g/mol. The highest BCUT2D eigenvalue weighted by Crippen LogP contribution is 2.59. The molecule has 0 nitrogen and oxygen atoms in total. The molecule has 4 heteroatoms. The normalized spacial score (nSPS) is 47.0. The number of fused-ring (bicyclic) bond motifs is 2. The van der Waals surface area contributed by atoms with Crippen LogP contribution >= 0.6 is 47.8 Å². The van der Waals surface area contributed by atoms with Gasteiger partial charge in [-0.05, 0) is 63.0 Å². The highest BCUT2D eigenvalue weighted by molar-refractivity contribution is 9.25. The van der Waals surface area contributed by atoms with Crippen LogP contribution in [0.15, 0.2) is 0 Å². The van der Waals surface area contributed by atoms with E-state index >= 15 is 0 Å². The highest BCUT2D eigenvalue weighted by atomic mass is 79.9. The molecule has 4 atom stereocenters. The van der Waals surface area contributed by atoms with E-state index in [0.29, 0.717) is 16.7 Å². The van der Waals surface area contributed by atoms with E-state index in [1.807, 2.05) is 0 Å². The van der Waals surface area contributed by atoms with Crippen LogP contribution in [0, 0.1) is 17.8 Å². The van der Waals surface area contributed by atoms with E-state index in [1.54, 1.807) is 0 Å². The maximum Gasteiger partial charge on any atom is 0.223 e. The summed E-state index contributed by atoms with van der Waals surface area (Å²) in [5.41, 5.74) is 0. The van der Waals surface area contributed by atoms with Crippen LogP contribution in [-0.2, 0) is 0 Å². The molecule has 2 bridgehead atoms. The van der Waals surface area contributed by atoms with Gasteiger partial charge in [-0.25, -0.2) is 4.39 Å². The van der Waals surface area contributed by atoms with Gasteiger partial charge in [-0.15, -0.1) is 0 Å². The van der Waals surface area contributed by atoms with E-state index in [0.717, 1.165) is 0 Å². The van der Waals surface area contributed by atoms with E-state index in [4.69, 9.17) is 0 Å². The van der Waals surface area contributed by atoms with Crippen molar-refractivity contribution in [3.05, 3.63) is 0 Å². The molecular formula is C8H10Br3F. The molecule has 2 rings (SSSR count). The molecule has 0 aliphatic heterocycles. The topological polar surface area (TPSA) is 0 Å². The van der Waals surface area contributed by atoms with E-state index < -0.39 is 3.49 Å². The second kappa shape index (κ2) is 3.20. The molecule has 0 aromatic carbocycles. The Morgan fingerprint density at radius 2 is 1.75 bits per heavy atom. The van der Waals surface area contributed by atoms with Crippen molar-refractivity contribution in [3.63, 3.8) is 0 Å². The number of alkyl halides is 4. The summed E-state index contributed by atoms with van der Waals surface area (Å²) < 4.78 is 12.2. The van der Waals surface area contributed by atoms with Crippen LogP contribution < -0.4 is 0 Å². The van der Waals surface area contributed by atoms with Crippen LogP contribution in [0.3, 0.4) is 0 Å². The molecular weight excluding hydrogens is 355 g/mol. The van der Waals surface area contributed by atoms with E-state index in [2.05, 4.69) is 47.8 Å². The second-order valence-electron chi connectivity index (χ2n) is 3.85. The smallest absolute Gasteiger partial charge is 0.218 e. The van der Waals surface area contributed by atoms with Crippen molar-refractivity contribution in [3.8, 4) is 0 Å². The molecule has 0 aromatic rings. The predicted molar refractivity (Wildman–Crippen MR) is 58.7 cm³/mol. The Morgan fingerprint density at radius 1 is 1.17 bits per heavy atom. The fraction of sp³-hybridized carbons (Fsp3) is 1.00. The molecule has 0 spiro atoms. The fourth-order valence-electron chi connectivity index (χ4n) is 2.67. The van der Waals surface area contributed by atoms with Crippen molar-refractivity contribution in [2.75, 3.05) is 0 Å². The summed E-state index contributed by atoms with van der Waals surface area (Å²) in [6, 6.07) is 0. The lowest BCUT2D eigenvalue weighted by Gasteiger charge is -2.31. The zero-order chi connectivity index (χ0) is 8.93. The van der Waals surface area contributed by atoms with Gasteiger partial charge in [0.1, 0.15) is 0 Å². The first-order chi connectivity index (χ1) is 5.50. The monoisotopic (exact) mass is 362 g/mol. The molecule has 70 valence electrons. The minimum absolute atomic E-state index is 0.0937. The molecule has 2 saturated carbocycles. The molecule has 0 unspecified atom stereocenters. The van der Waals surface area contributed by atoms with Crippen molar-refractivity contribution >= 4 is 47.8 Å². The van der Waals surface area contributed by atoms with E-state index in [-0.39, 0.29) is 5.92 Å². The Labute approximate surface area is 97.1 Å². The van der Waals surface area contributed by atoms with Gasteiger partial charge in [0.15, 0.2) is 0 Å². The van der Waals surface area contributed by atoms with Gasteiger partial charge in [-0.1, -0.05) is 15.9 Å². The maximum absolute atomic E-state index is 13.6. The van der Waals surface area contributed by atoms with Gasteiger partial charge in [0.25, 0.3) is 0 Å². The van der Waals surface area contributed by atoms with Crippen molar-refractivity contribution in [1.29, 1.82) is 0 Å². The van der Waals surface area contributed by atoms with Crippen molar-refractivity contribution < 1.29 is 4.39 Å². The van der Waals surface area contributed by atoms with Gasteiger partial charge in [-0.2, -0.15) is 0 Å². The molecule has 2 fully saturated rings. The molecule has 0 aromatic heterocycles. The summed E-state index contributed by atoms with van der Waals surface area (Å²) >= 11 is 9.73. The van der Waals surface area contributed by atoms with E-state index in [9.17, 15) is 4.39 Å². The van der Waals surface area contributed by atoms with Gasteiger partial charge in [0.2, 0.25) is 3.49 Å². The van der Waals surface area contributed by atoms with Crippen LogP contribution in [0.5, 0.6) is 0 Å². The molecule has 0 amide bonds. The summed E-state index contributed by atoms with van der Waals surface area (Å²) in [5.74, 6) is 1.35. The first-order valence-corrected chi connectivity index (χ1v) is 6.71. The summed E-state index contributed by atoms with van der Waals surface area (Å²) in [6.07, 6.45) is 3.66. The Balaban J connectivity index is 2.17. The van der Waals surface area contributed by atoms with Gasteiger partial charge in [-0.3, -0.25) is 0 Å². The number of hydrogen-bond acceptors (Lipinski definition) is 0. The number of hydrogen-bond donors (Lipinski definition) is 0. The third kappa shape index (κ3) is 1.52. The Bertz CT molecular complexity index is 187. The van der Waals surface area contributed by atoms with Gasteiger partial charge < -0.3 is 0 Å². The zero-order valence-electron chi connectivity index (χ0n) is 6.44. The van der Waals surface area contributed by atoms with Gasteiger partial charge >= 0.3 is 0 Å². The third-order valence-corrected chi connectivity index (χ3v) is 5.57. The molecule has 2 aliphatic carbocycles. The zero-order valence-corrected chi connectivity index (χ0v) is 11.2. The Morgan fingerprint density at radius 3 is 2.08 bits per heavy atom. The van der Waals surface area contributed by atoms with Crippen LogP contribution in [0.4, 0.5) is 4.39 Å². The van der Waals surface area contributed by atoms with E-state index in [1.165, 1.54) is 19.3 Å². The number of halogens is 4. The van der Waals surface area contributed by atoms with Crippen LogP contribution in [0.1, 0.15) is 19.3 Å². The van der Waals surface area contributed by atoms with Crippen LogP contribution in [0.25, 0.3) is 0 Å². The maximum atomic E-state index is 13.6. The largest absolute Gasteiger partial charge is 0.223 e. The predicted octanol–water partition coefficient (Wildman–Crippen LogP) is 4.21. The van der Waals surface area contributed by atoms with Crippen molar-refractivity contribution in [2.45, 2.75) is 27.6 Å². The summed E-state index contributed by atoms with van der Waals surface area (Å²) in [4.78, 5) is 0.347. The summed E-state index contributed by atoms with van der Waals surface area (Å²) in [5, 5.41) is 0. The highest BCUT2D eigenvalue weighted by Gasteiger charge is 2.54. The standard InChI is InChI=1S/C8H10Br3F/c9-7-5-2-1-4(3-5)6(7)8(10,11)12/h4-7H,1-3H2/t4-,5+,6+,7+/m0/s1. The first kappa shape index (κ1) is 9.91. The van der Waals surface area contributed by atoms with Crippen LogP contribution in [-0.4, -0.2) is 8.31 Å². The van der Waals surface area contributed by atoms with Crippen LogP contribution in [0.2, 0.25) is 0 Å². The van der Waals surface area contributed by atoms with Crippen molar-refractivity contribution in [2.24, 2.45) is 17.8 Å². The third-order valence-electron chi connectivity index (χ3n) is 3.19. The molecule has 0 saturated heterocycles. The SMILES string of the molecule is FC(Br)(Br)[C@@H]1[C@H]2CC[C@H](C2)[C@H]1Br. The second-order valence-corrected chi connectivity index (χ2v) is 8.27. The number of rotatable bonds is 1. The summed E-state index contributed by atoms with van der Waals surface area (Å²) in [7, 11) is 0. The lowest BCUT2D eigenvalue weighted by atomic mass is 9.90. The van der Waals surface area contributed by atoms with Crippen molar-refractivity contribution in [1.82, 2.24) is 0 Å². The minimum Gasteiger partial charge on any atom is -0.218 e. The summed E-state index contributed by atoms with van der Waals surface area (Å²) in [6.45, 7) is 0. The molecule has 0 heterocycles. The molecule has 12 heavy (non-hydrogen) atoms. The fourth-order valence-corrected chi connectivity index (χ4v) is 5.97. The Hall–Kier alpha value is 1.37. The van der Waals surface area contributed by atoms with Gasteiger partial charge in [0, 0.05) is 10.7 Å². The lowest BCUT2D eigenvalue weighted by Crippen LogP contribution is -2.33. The minimum atomic E-state index is -1.37. The average Bonchev–Trinajstić information content (AvgIpc) is 2.42. The molecule has 0 N–H and O–H groups in total. The quantitative estimate of drug-likeness (QED) is 0.611. The van der Waals surface area contributed by atoms with Gasteiger partial charge in [0.05, 0.1) is 0 Å². The first-order valence-electron chi connectivity index (χ1n) is 4.21. The Kier molecular flexibility index (Phi) is 2.64.